The minimum Gasteiger partial charge on any atom is -0.507 e. The number of azide groups is 1. The molecule has 4 rings (SSSR count). The number of amides is 1. The molecule has 17 nitrogen and oxygen atoms in total. The quantitative estimate of drug-likeness (QED) is 0.0644. The van der Waals surface area contributed by atoms with Gasteiger partial charge in [-0.2, -0.15) is 8.42 Å². The molecule has 1 amide bonds. The first-order valence-electron chi connectivity index (χ1n) is 17.6. The molecule has 0 bridgehead atoms. The molecule has 0 radical (unpaired) electrons. The van der Waals surface area contributed by atoms with Crippen LogP contribution in [0.5, 0.6) is 5.75 Å². The normalized spacial score (nSPS) is 22.9. The lowest BCUT2D eigenvalue weighted by atomic mass is 9.89. The number of aryl methyl sites for hydroxylation is 1. The van der Waals surface area contributed by atoms with Crippen LogP contribution in [0.3, 0.4) is 0 Å². The van der Waals surface area contributed by atoms with Crippen LogP contribution in [-0.2, 0) is 34.4 Å². The first-order valence-corrected chi connectivity index (χ1v) is 24.9. The van der Waals surface area contributed by atoms with Crippen LogP contribution in [0.2, 0.25) is 36.3 Å². The number of nitrogens with zero attached hydrogens (tertiary/aromatic N) is 5. The smallest absolute Gasteiger partial charge is 0.333 e. The zero-order valence-corrected chi connectivity index (χ0v) is 35.6. The summed E-state index contributed by atoms with van der Waals surface area (Å²) in [5, 5.41) is 16.5. The standard InChI is InChI=1S/C34H53N7O10SSi2/c1-21-18-41(31(45)40(29(21)44)16-12-15-37-28(43)23-14-13-22(38-39-36)17-24(23)42)30-27(50-54(10,11)33(5,6)7)34(25(35)20-52(46,47)51-34)26(49-30)19-48-53(8,9)32(2,3)4/h13-14,17-18,20,26-27,30,42H,12,15-16,19,35H2,1-11H3,(H,37,43). The Morgan fingerprint density at radius 2 is 1.76 bits per heavy atom. The third kappa shape index (κ3) is 8.40. The molecule has 1 aromatic heterocycles. The van der Waals surface area contributed by atoms with Crippen molar-refractivity contribution in [3.8, 4) is 5.75 Å². The lowest BCUT2D eigenvalue weighted by Gasteiger charge is -2.43. The number of nitrogens with two attached hydrogens (primary N) is 1. The molecule has 4 N–H and O–H groups in total. The molecule has 4 atom stereocenters. The van der Waals surface area contributed by atoms with Crippen LogP contribution < -0.4 is 22.3 Å². The topological polar surface area (TPSA) is 239 Å². The fraction of sp³-hybridized carbons (Fsp3) is 0.618. The van der Waals surface area contributed by atoms with Crippen LogP contribution in [-0.4, -0.2) is 76.2 Å². The summed E-state index contributed by atoms with van der Waals surface area (Å²) in [6.45, 7) is 21.6. The van der Waals surface area contributed by atoms with Crippen molar-refractivity contribution in [2.24, 2.45) is 10.8 Å². The van der Waals surface area contributed by atoms with Crippen molar-refractivity contribution in [1.29, 1.82) is 0 Å². The van der Waals surface area contributed by atoms with Crippen LogP contribution in [0.4, 0.5) is 5.69 Å². The van der Waals surface area contributed by atoms with E-state index in [4.69, 9.17) is 29.0 Å². The summed E-state index contributed by atoms with van der Waals surface area (Å²) in [5.74, 6) is -1.01. The van der Waals surface area contributed by atoms with Crippen LogP contribution in [0.15, 0.2) is 50.2 Å². The summed E-state index contributed by atoms with van der Waals surface area (Å²) < 4.78 is 54.5. The van der Waals surface area contributed by atoms with Gasteiger partial charge in [0.1, 0.15) is 18.0 Å². The highest BCUT2D eigenvalue weighted by Gasteiger charge is 2.67. The van der Waals surface area contributed by atoms with Gasteiger partial charge >= 0.3 is 5.69 Å². The number of benzene rings is 1. The van der Waals surface area contributed by atoms with Gasteiger partial charge < -0.3 is 29.7 Å². The molecule has 4 unspecified atom stereocenters. The number of phenols is 1. The molecule has 298 valence electrons. The van der Waals surface area contributed by atoms with Gasteiger partial charge in [-0.25, -0.2) is 8.98 Å². The molecular formula is C34H53N7O10SSi2. The van der Waals surface area contributed by atoms with E-state index in [1.807, 2.05) is 47.0 Å². The fourth-order valence-electron chi connectivity index (χ4n) is 5.71. The number of carbonyl (C=O) groups excluding carboxylic acids is 1. The molecule has 1 spiro atoms. The van der Waals surface area contributed by atoms with Crippen molar-refractivity contribution >= 4 is 38.3 Å². The maximum atomic E-state index is 14.3. The van der Waals surface area contributed by atoms with E-state index < -0.39 is 67.9 Å². The molecule has 2 aliphatic rings. The Hall–Kier alpha value is -3.76. The van der Waals surface area contributed by atoms with Crippen molar-refractivity contribution in [2.75, 3.05) is 13.2 Å². The van der Waals surface area contributed by atoms with Crippen LogP contribution in [0.1, 0.15) is 70.1 Å². The van der Waals surface area contributed by atoms with Gasteiger partial charge in [-0.3, -0.25) is 18.7 Å². The van der Waals surface area contributed by atoms with E-state index in [0.717, 1.165) is 16.0 Å². The van der Waals surface area contributed by atoms with Crippen molar-refractivity contribution in [1.82, 2.24) is 14.5 Å². The highest BCUT2D eigenvalue weighted by molar-refractivity contribution is 7.90. The summed E-state index contributed by atoms with van der Waals surface area (Å²) in [6, 6.07) is 3.83. The molecule has 0 saturated carbocycles. The monoisotopic (exact) mass is 807 g/mol. The first kappa shape index (κ1) is 43.0. The zero-order chi connectivity index (χ0) is 40.8. The molecule has 2 aromatic rings. The number of hydrogen-bond acceptors (Lipinski definition) is 12. The van der Waals surface area contributed by atoms with Gasteiger partial charge in [0.25, 0.3) is 21.6 Å². The third-order valence-corrected chi connectivity index (χ3v) is 20.9. The van der Waals surface area contributed by atoms with Crippen molar-refractivity contribution in [3.05, 3.63) is 77.9 Å². The van der Waals surface area contributed by atoms with Gasteiger partial charge in [0.2, 0.25) is 0 Å². The van der Waals surface area contributed by atoms with Crippen molar-refractivity contribution in [3.63, 3.8) is 0 Å². The van der Waals surface area contributed by atoms with Gasteiger partial charge in [0.05, 0.1) is 23.3 Å². The Balaban J connectivity index is 1.74. The summed E-state index contributed by atoms with van der Waals surface area (Å²) in [5.41, 5.74) is 12.1. The lowest BCUT2D eigenvalue weighted by molar-refractivity contribution is -0.0567. The molecule has 2 aliphatic heterocycles. The SMILES string of the molecule is Cc1cn(C2OC(CO[Si](C)(C)C(C)(C)C)C3(OS(=O)(=O)C=C3N)C2O[Si](C)(C)C(C)(C)C)c(=O)n(CCCNC(=O)c2ccc(N=[N+]=[N-])cc2O)c1=O. The average Bonchev–Trinajstić information content (AvgIpc) is 3.46. The molecule has 1 aromatic carbocycles. The molecule has 3 heterocycles. The number of ether oxygens (including phenoxy) is 1. The number of aromatic nitrogens is 2. The van der Waals surface area contributed by atoms with Crippen molar-refractivity contribution < 1.29 is 36.1 Å². The zero-order valence-electron chi connectivity index (χ0n) is 32.8. The Morgan fingerprint density at radius 3 is 2.30 bits per heavy atom. The van der Waals surface area contributed by atoms with Gasteiger partial charge in [-0.1, -0.05) is 52.7 Å². The molecule has 54 heavy (non-hydrogen) atoms. The number of phenolic OH excluding ortho intramolecular Hbond substituents is 1. The second kappa shape index (κ2) is 15.1. The van der Waals surface area contributed by atoms with E-state index >= 15 is 0 Å². The van der Waals surface area contributed by atoms with Gasteiger partial charge in [-0.15, -0.1) is 0 Å². The number of carbonyl (C=O) groups is 1. The Kier molecular flexibility index (Phi) is 12.0. The van der Waals surface area contributed by atoms with Gasteiger partial charge in [0, 0.05) is 35.4 Å². The molecular weight excluding hydrogens is 755 g/mol. The molecule has 1 saturated heterocycles. The Morgan fingerprint density at radius 1 is 1.13 bits per heavy atom. The minimum absolute atomic E-state index is 0.0240. The number of rotatable bonds is 12. The van der Waals surface area contributed by atoms with E-state index in [1.54, 1.807) is 0 Å². The van der Waals surface area contributed by atoms with E-state index in [9.17, 15) is 27.9 Å². The van der Waals surface area contributed by atoms with E-state index in [1.165, 1.54) is 29.8 Å². The Labute approximate surface area is 317 Å². The maximum Gasteiger partial charge on any atom is 0.333 e. The number of nitrogens with one attached hydrogen (secondary N) is 1. The highest BCUT2D eigenvalue weighted by atomic mass is 32.2. The summed E-state index contributed by atoms with van der Waals surface area (Å²) in [7, 11) is -9.54. The second-order valence-corrected chi connectivity index (χ2v) is 27.7. The molecule has 20 heteroatoms. The summed E-state index contributed by atoms with van der Waals surface area (Å²) >= 11 is 0. The first-order chi connectivity index (χ1) is 24.7. The van der Waals surface area contributed by atoms with E-state index in [2.05, 4.69) is 36.1 Å². The summed E-state index contributed by atoms with van der Waals surface area (Å²) in [6.07, 6.45) is -2.21. The van der Waals surface area contributed by atoms with Gasteiger partial charge in [0.15, 0.2) is 28.5 Å². The van der Waals surface area contributed by atoms with E-state index in [-0.39, 0.29) is 64.5 Å². The van der Waals surface area contributed by atoms with Crippen LogP contribution >= 0.6 is 0 Å². The van der Waals surface area contributed by atoms with E-state index in [0.29, 0.717) is 0 Å². The van der Waals surface area contributed by atoms with Crippen LogP contribution in [0, 0.1) is 6.92 Å². The maximum absolute atomic E-state index is 14.3. The molecule has 0 aliphatic carbocycles. The number of hydrogen-bond donors (Lipinski definition) is 3. The largest absolute Gasteiger partial charge is 0.507 e. The second-order valence-electron chi connectivity index (χ2n) is 16.8. The Bertz CT molecular complexity index is 2100. The minimum atomic E-state index is -4.30. The predicted molar refractivity (Wildman–Crippen MR) is 208 cm³/mol. The average molecular weight is 808 g/mol. The third-order valence-electron chi connectivity index (χ3n) is 10.9. The van der Waals surface area contributed by atoms with Crippen LogP contribution in [0.25, 0.3) is 10.4 Å². The summed E-state index contributed by atoms with van der Waals surface area (Å²) in [4.78, 5) is 43.1. The molecule has 1 fully saturated rings. The fourth-order valence-corrected chi connectivity index (χ4v) is 9.22. The number of aromatic hydroxyl groups is 1. The predicted octanol–water partition coefficient (Wildman–Crippen LogP) is 4.99. The van der Waals surface area contributed by atoms with Gasteiger partial charge in [-0.05, 0) is 67.3 Å². The van der Waals surface area contributed by atoms with Crippen molar-refractivity contribution in [2.45, 2.75) is 122 Å². The highest BCUT2D eigenvalue weighted by Crippen LogP contribution is 2.52. The lowest BCUT2D eigenvalue weighted by Crippen LogP contribution is -2.59.